The van der Waals surface area contributed by atoms with E-state index in [9.17, 15) is 22.8 Å². The summed E-state index contributed by atoms with van der Waals surface area (Å²) >= 11 is 19.9. The zero-order valence-electron chi connectivity index (χ0n) is 22.4. The number of nitrogens with two attached hydrogens (primary N) is 1. The predicted molar refractivity (Wildman–Crippen MR) is 160 cm³/mol. The Labute approximate surface area is 266 Å². The smallest absolute Gasteiger partial charge is 0.490 e. The van der Waals surface area contributed by atoms with Crippen LogP contribution in [0.2, 0.25) is 15.1 Å². The Morgan fingerprint density at radius 1 is 1.09 bits per heavy atom. The molecule has 5 N–H and O–H groups in total. The second-order valence-electron chi connectivity index (χ2n) is 8.52. The minimum absolute atomic E-state index is 0.0761. The van der Waals surface area contributed by atoms with E-state index in [1.807, 2.05) is 16.1 Å². The zero-order chi connectivity index (χ0) is 32.6. The van der Waals surface area contributed by atoms with E-state index in [0.717, 1.165) is 11.4 Å². The van der Waals surface area contributed by atoms with Crippen LogP contribution in [0.25, 0.3) is 0 Å². The summed E-state index contributed by atoms with van der Waals surface area (Å²) in [6.07, 6.45) is 0.460. The number of anilines is 2. The number of alkyl halides is 3. The fourth-order valence-corrected chi connectivity index (χ4v) is 5.08. The lowest BCUT2D eigenvalue weighted by Gasteiger charge is -2.15. The molecule has 44 heavy (non-hydrogen) atoms. The van der Waals surface area contributed by atoms with Gasteiger partial charge in [-0.1, -0.05) is 34.8 Å². The predicted octanol–water partition coefficient (Wildman–Crippen LogP) is 6.00. The molecule has 2 amide bonds. The molecule has 4 aromatic rings. The molecule has 0 aliphatic rings. The van der Waals surface area contributed by atoms with Gasteiger partial charge in [0.1, 0.15) is 22.3 Å². The molecule has 4 rings (SSSR count). The highest BCUT2D eigenvalue weighted by Crippen LogP contribution is 2.35. The summed E-state index contributed by atoms with van der Waals surface area (Å²) in [5, 5.41) is 15.3. The van der Waals surface area contributed by atoms with Crippen molar-refractivity contribution < 1.29 is 37.4 Å². The number of hydrogen-bond donors (Lipinski definition) is 4. The van der Waals surface area contributed by atoms with Crippen LogP contribution in [0.4, 0.5) is 24.7 Å². The van der Waals surface area contributed by atoms with Gasteiger partial charge in [-0.3, -0.25) is 9.59 Å². The molecule has 1 aromatic carbocycles. The van der Waals surface area contributed by atoms with Crippen LogP contribution in [0.5, 0.6) is 5.75 Å². The van der Waals surface area contributed by atoms with Gasteiger partial charge in [-0.05, 0) is 30.1 Å². The average molecular weight is 694 g/mol. The van der Waals surface area contributed by atoms with Crippen LogP contribution in [-0.4, -0.2) is 57.3 Å². The number of hydrogen-bond acceptors (Lipinski definition) is 8. The van der Waals surface area contributed by atoms with Gasteiger partial charge >= 0.3 is 12.1 Å². The second-order valence-corrected chi connectivity index (χ2v) is 10.6. The monoisotopic (exact) mass is 692 g/mol. The summed E-state index contributed by atoms with van der Waals surface area (Å²) in [5.74, 6) is -2.53. The molecule has 0 atom stereocenters. The lowest BCUT2D eigenvalue weighted by molar-refractivity contribution is -0.192. The third kappa shape index (κ3) is 9.06. The lowest BCUT2D eigenvalue weighted by atomic mass is 10.1. The first-order chi connectivity index (χ1) is 20.7. The molecule has 0 saturated heterocycles. The topological polar surface area (TPSA) is 161 Å². The second kappa shape index (κ2) is 15.2. The number of nitrogens with one attached hydrogen (secondary N) is 2. The van der Waals surface area contributed by atoms with E-state index < -0.39 is 24.0 Å². The Morgan fingerprint density at radius 2 is 1.80 bits per heavy atom. The van der Waals surface area contributed by atoms with Crippen LogP contribution in [0, 0.1) is 0 Å². The molecule has 0 saturated carbocycles. The largest absolute Gasteiger partial charge is 0.494 e. The van der Waals surface area contributed by atoms with Gasteiger partial charge in [0.05, 0.1) is 35.0 Å². The van der Waals surface area contributed by atoms with Gasteiger partial charge in [0, 0.05) is 41.7 Å². The maximum atomic E-state index is 13.3. The highest BCUT2D eigenvalue weighted by Gasteiger charge is 2.38. The number of carbonyl (C=O) groups excluding carboxylic acids is 2. The number of amides is 2. The van der Waals surface area contributed by atoms with Gasteiger partial charge in [-0.2, -0.15) is 13.2 Å². The highest BCUT2D eigenvalue weighted by molar-refractivity contribution is 7.13. The number of benzene rings is 1. The Kier molecular flexibility index (Phi) is 12.0. The maximum Gasteiger partial charge on any atom is 0.490 e. The SMILES string of the molecule is COc1cc(Cl)cc(C(=O)Nc2ccc(Cl)cn2)c1NC(=O)c1scc(Cn2ccnc2CCN)c1Cl.O=C(O)C(F)(F)F. The molecule has 18 heteroatoms. The number of pyridine rings is 1. The van der Waals surface area contributed by atoms with E-state index in [0.29, 0.717) is 29.6 Å². The van der Waals surface area contributed by atoms with E-state index >= 15 is 0 Å². The van der Waals surface area contributed by atoms with Crippen molar-refractivity contribution in [2.45, 2.75) is 19.1 Å². The Balaban J connectivity index is 0.000000676. The van der Waals surface area contributed by atoms with Gasteiger partial charge in [0.25, 0.3) is 11.8 Å². The van der Waals surface area contributed by atoms with Crippen LogP contribution in [0.3, 0.4) is 0 Å². The van der Waals surface area contributed by atoms with Crippen LogP contribution < -0.4 is 21.1 Å². The number of aromatic nitrogens is 3. The van der Waals surface area contributed by atoms with Crippen LogP contribution in [0.1, 0.15) is 31.4 Å². The summed E-state index contributed by atoms with van der Waals surface area (Å²) in [4.78, 5) is 43.9. The molecule has 0 aliphatic heterocycles. The number of aliphatic carboxylic acids is 1. The number of rotatable bonds is 9. The van der Waals surface area contributed by atoms with Crippen molar-refractivity contribution in [3.63, 3.8) is 0 Å². The van der Waals surface area contributed by atoms with Gasteiger partial charge in [-0.25, -0.2) is 14.8 Å². The highest BCUT2D eigenvalue weighted by atomic mass is 35.5. The number of carboxylic acids is 1. The Morgan fingerprint density at radius 3 is 2.39 bits per heavy atom. The molecule has 3 heterocycles. The van der Waals surface area contributed by atoms with Gasteiger partial charge < -0.3 is 30.8 Å². The van der Waals surface area contributed by atoms with E-state index in [1.165, 1.54) is 36.8 Å². The molecule has 0 radical (unpaired) electrons. The first-order valence-corrected chi connectivity index (χ1v) is 14.1. The minimum atomic E-state index is -5.08. The number of nitrogens with zero attached hydrogens (tertiary/aromatic N) is 3. The van der Waals surface area contributed by atoms with Gasteiger partial charge in [0.2, 0.25) is 0 Å². The fraction of sp³-hybridized carbons (Fsp3) is 0.192. The average Bonchev–Trinajstić information content (AvgIpc) is 3.56. The molecular formula is C26H22Cl3F3N6O5S. The standard InChI is InChI=1S/C24H21Cl3N6O3S.C2HF3O2/c1-36-17-9-15(26)8-16(23(34)31-18-3-2-14(25)10-30-18)21(17)32-24(35)22-20(27)13(12-37-22)11-33-7-6-29-19(33)4-5-28;3-2(4,5)1(6)7/h2-3,6-10,12H,4-5,11,28H2,1H3,(H,32,35)(H,30,31,34);(H,6,7). The van der Waals surface area contributed by atoms with Crippen molar-refractivity contribution in [1.29, 1.82) is 0 Å². The number of methoxy groups -OCH3 is 1. The van der Waals surface area contributed by atoms with E-state index in [4.69, 9.17) is 55.2 Å². The third-order valence-corrected chi connectivity index (χ3v) is 7.51. The molecule has 0 bridgehead atoms. The van der Waals surface area contributed by atoms with Crippen molar-refractivity contribution in [1.82, 2.24) is 14.5 Å². The minimum Gasteiger partial charge on any atom is -0.494 e. The molecule has 3 aromatic heterocycles. The number of imidazole rings is 1. The third-order valence-electron chi connectivity index (χ3n) is 5.50. The van der Waals surface area contributed by atoms with Gasteiger partial charge in [-0.15, -0.1) is 11.3 Å². The summed E-state index contributed by atoms with van der Waals surface area (Å²) in [7, 11) is 1.41. The molecule has 0 spiro atoms. The first-order valence-electron chi connectivity index (χ1n) is 12.1. The maximum absolute atomic E-state index is 13.3. The zero-order valence-corrected chi connectivity index (χ0v) is 25.5. The Bertz CT molecular complexity index is 1650. The van der Waals surface area contributed by atoms with E-state index in [1.54, 1.807) is 18.3 Å². The van der Waals surface area contributed by atoms with Crippen molar-refractivity contribution in [2.24, 2.45) is 5.73 Å². The number of carbonyl (C=O) groups is 3. The van der Waals surface area contributed by atoms with E-state index in [-0.39, 0.29) is 32.7 Å². The molecule has 0 fully saturated rings. The van der Waals surface area contributed by atoms with Crippen molar-refractivity contribution >= 4 is 75.4 Å². The molecule has 0 aliphatic carbocycles. The summed E-state index contributed by atoms with van der Waals surface area (Å²) in [5.41, 5.74) is 6.62. The van der Waals surface area contributed by atoms with Crippen LogP contribution in [0.15, 0.2) is 48.2 Å². The summed E-state index contributed by atoms with van der Waals surface area (Å²) < 4.78 is 39.1. The number of thiophene rings is 1. The van der Waals surface area contributed by atoms with E-state index in [2.05, 4.69) is 20.6 Å². The lowest BCUT2D eigenvalue weighted by Crippen LogP contribution is -2.21. The molecule has 11 nitrogen and oxygen atoms in total. The van der Waals surface area contributed by atoms with Crippen molar-refractivity contribution in [3.8, 4) is 5.75 Å². The van der Waals surface area contributed by atoms with Crippen molar-refractivity contribution in [2.75, 3.05) is 24.3 Å². The quantitative estimate of drug-likeness (QED) is 0.166. The van der Waals surface area contributed by atoms with Gasteiger partial charge in [0.15, 0.2) is 0 Å². The summed E-state index contributed by atoms with van der Waals surface area (Å²) in [6.45, 7) is 0.902. The molecule has 234 valence electrons. The number of halogens is 6. The Hall–Kier alpha value is -3.89. The van der Waals surface area contributed by atoms with Crippen molar-refractivity contribution in [3.05, 3.63) is 85.1 Å². The van der Waals surface area contributed by atoms with Crippen LogP contribution >= 0.6 is 46.1 Å². The first kappa shape index (κ1) is 34.6. The number of ether oxygens (including phenoxy) is 1. The van der Waals surface area contributed by atoms with Crippen LogP contribution in [-0.2, 0) is 17.8 Å². The molecular weight excluding hydrogens is 672 g/mol. The summed E-state index contributed by atoms with van der Waals surface area (Å²) in [6, 6.07) is 6.05. The number of carboxylic acid groups (broad SMARTS) is 1. The molecule has 0 unspecified atom stereocenters. The normalized spacial score (nSPS) is 10.9. The fourth-order valence-electron chi connectivity index (χ4n) is 3.52.